The fourth-order valence-electron chi connectivity index (χ4n) is 3.02. The van der Waals surface area contributed by atoms with Gasteiger partial charge in [-0.2, -0.15) is 0 Å². The molecule has 1 heterocycles. The first kappa shape index (κ1) is 20.5. The summed E-state index contributed by atoms with van der Waals surface area (Å²) in [6, 6.07) is 19.6. The van der Waals surface area contributed by atoms with Crippen LogP contribution in [0.3, 0.4) is 0 Å². The van der Waals surface area contributed by atoms with E-state index in [4.69, 9.17) is 39.5 Å². The van der Waals surface area contributed by atoms with Crippen LogP contribution in [0.4, 0.5) is 5.69 Å². The molecule has 0 bridgehead atoms. The second-order valence-corrected chi connectivity index (χ2v) is 7.80. The normalized spacial score (nSPS) is 10.9. The molecule has 1 aromatic heterocycles. The van der Waals surface area contributed by atoms with Crippen molar-refractivity contribution in [2.75, 3.05) is 5.32 Å². The Morgan fingerprint density at radius 3 is 2.47 bits per heavy atom. The largest absolute Gasteiger partial charge is 0.484 e. The number of halogens is 3. The van der Waals surface area contributed by atoms with Crippen LogP contribution in [0.15, 0.2) is 66.7 Å². The van der Waals surface area contributed by atoms with E-state index in [-0.39, 0.29) is 19.1 Å². The van der Waals surface area contributed by atoms with Crippen molar-refractivity contribution in [3.8, 4) is 5.75 Å². The lowest BCUT2D eigenvalue weighted by atomic mass is 10.3. The Balaban J connectivity index is 1.56. The minimum atomic E-state index is -0.189. The molecule has 0 saturated heterocycles. The molecule has 1 N–H and O–H groups in total. The summed E-state index contributed by atoms with van der Waals surface area (Å²) in [6.07, 6.45) is 0. The molecule has 0 atom stereocenters. The zero-order chi connectivity index (χ0) is 21.1. The monoisotopic (exact) mass is 459 g/mol. The molecule has 30 heavy (non-hydrogen) atoms. The number of carbonyl (C=O) groups is 1. The molecule has 0 aliphatic heterocycles. The number of carbonyl (C=O) groups excluding carboxylic acids is 1. The number of amides is 1. The Kier molecular flexibility index (Phi) is 6.13. The Bertz CT molecular complexity index is 1210. The van der Waals surface area contributed by atoms with Gasteiger partial charge in [0.1, 0.15) is 24.7 Å². The minimum absolute atomic E-state index is 0.0795. The lowest BCUT2D eigenvalue weighted by Crippen LogP contribution is -2.20. The summed E-state index contributed by atoms with van der Waals surface area (Å²) in [7, 11) is 0. The molecule has 152 valence electrons. The van der Waals surface area contributed by atoms with Crippen molar-refractivity contribution in [2.24, 2.45) is 0 Å². The number of benzene rings is 3. The summed E-state index contributed by atoms with van der Waals surface area (Å²) < 4.78 is 7.66. The van der Waals surface area contributed by atoms with E-state index >= 15 is 0 Å². The summed E-state index contributed by atoms with van der Waals surface area (Å²) in [4.78, 5) is 17.3. The third-order valence-corrected chi connectivity index (χ3v) is 5.20. The van der Waals surface area contributed by atoms with Crippen molar-refractivity contribution in [1.29, 1.82) is 0 Å². The van der Waals surface area contributed by atoms with Crippen LogP contribution in [-0.2, 0) is 17.9 Å². The quantitative estimate of drug-likeness (QED) is 0.372. The highest BCUT2D eigenvalue weighted by Crippen LogP contribution is 2.28. The molecule has 0 radical (unpaired) electrons. The maximum Gasteiger partial charge on any atom is 0.244 e. The highest BCUT2D eigenvalue weighted by atomic mass is 35.5. The summed E-state index contributed by atoms with van der Waals surface area (Å²) in [5.74, 6) is 0.907. The number of imidazole rings is 1. The third kappa shape index (κ3) is 4.70. The first-order valence-corrected chi connectivity index (χ1v) is 10.2. The highest BCUT2D eigenvalue weighted by molar-refractivity contribution is 6.35. The number of rotatable bonds is 6. The van der Waals surface area contributed by atoms with Crippen LogP contribution in [-0.4, -0.2) is 15.5 Å². The van der Waals surface area contributed by atoms with Gasteiger partial charge < -0.3 is 14.6 Å². The average molecular weight is 461 g/mol. The van der Waals surface area contributed by atoms with E-state index in [1.54, 1.807) is 42.5 Å². The van der Waals surface area contributed by atoms with Gasteiger partial charge in [-0.15, -0.1) is 0 Å². The van der Waals surface area contributed by atoms with Gasteiger partial charge in [-0.25, -0.2) is 4.98 Å². The predicted molar refractivity (Wildman–Crippen MR) is 121 cm³/mol. The summed E-state index contributed by atoms with van der Waals surface area (Å²) in [5, 5.41) is 4.41. The second-order valence-electron chi connectivity index (χ2n) is 6.52. The molecule has 1 amide bonds. The number of aromatic nitrogens is 2. The lowest BCUT2D eigenvalue weighted by molar-refractivity contribution is -0.116. The van der Waals surface area contributed by atoms with Gasteiger partial charge >= 0.3 is 0 Å². The number of fused-ring (bicyclic) bond motifs is 1. The van der Waals surface area contributed by atoms with Crippen LogP contribution in [0.25, 0.3) is 11.0 Å². The summed E-state index contributed by atoms with van der Waals surface area (Å²) in [6.45, 7) is 0.223. The molecule has 0 fully saturated rings. The number of para-hydroxylation sites is 2. The minimum Gasteiger partial charge on any atom is -0.484 e. The predicted octanol–water partition coefficient (Wildman–Crippen LogP) is 6.21. The molecule has 0 unspecified atom stereocenters. The van der Waals surface area contributed by atoms with Crippen LogP contribution in [0.5, 0.6) is 5.75 Å². The SMILES string of the molecule is O=C(Cn1c(COc2ccc(Cl)cc2Cl)nc2ccccc21)Nc1ccc(Cl)cc1. The van der Waals surface area contributed by atoms with Crippen molar-refractivity contribution in [1.82, 2.24) is 9.55 Å². The van der Waals surface area contributed by atoms with Crippen LogP contribution >= 0.6 is 34.8 Å². The van der Waals surface area contributed by atoms with Crippen LogP contribution in [0.1, 0.15) is 5.82 Å². The van der Waals surface area contributed by atoms with Crippen molar-refractivity contribution >= 4 is 57.4 Å². The number of hydrogen-bond donors (Lipinski definition) is 1. The van der Waals surface area contributed by atoms with Crippen LogP contribution < -0.4 is 10.1 Å². The van der Waals surface area contributed by atoms with Crippen LogP contribution in [0.2, 0.25) is 15.1 Å². The number of hydrogen-bond acceptors (Lipinski definition) is 3. The van der Waals surface area contributed by atoms with Crippen molar-refractivity contribution in [3.63, 3.8) is 0 Å². The molecule has 0 aliphatic rings. The average Bonchev–Trinajstić information content (AvgIpc) is 3.06. The van der Waals surface area contributed by atoms with E-state index in [1.807, 2.05) is 28.8 Å². The molecular weight excluding hydrogens is 445 g/mol. The fraction of sp³-hybridized carbons (Fsp3) is 0.0909. The third-order valence-electron chi connectivity index (χ3n) is 4.41. The molecule has 0 aliphatic carbocycles. The Morgan fingerprint density at radius 2 is 1.70 bits per heavy atom. The van der Waals surface area contributed by atoms with Gasteiger partial charge in [-0.3, -0.25) is 4.79 Å². The van der Waals surface area contributed by atoms with Gasteiger partial charge in [0.15, 0.2) is 0 Å². The van der Waals surface area contributed by atoms with Gasteiger partial charge in [0.2, 0.25) is 5.91 Å². The van der Waals surface area contributed by atoms with E-state index in [1.165, 1.54) is 0 Å². The number of ether oxygens (including phenoxy) is 1. The van der Waals surface area contributed by atoms with Gasteiger partial charge in [0, 0.05) is 15.7 Å². The Morgan fingerprint density at radius 1 is 0.967 bits per heavy atom. The van der Waals surface area contributed by atoms with E-state index in [0.29, 0.717) is 32.3 Å². The van der Waals surface area contributed by atoms with Crippen molar-refractivity contribution < 1.29 is 9.53 Å². The van der Waals surface area contributed by atoms with E-state index < -0.39 is 0 Å². The van der Waals surface area contributed by atoms with E-state index in [9.17, 15) is 4.79 Å². The first-order valence-electron chi connectivity index (χ1n) is 9.07. The zero-order valence-electron chi connectivity index (χ0n) is 15.6. The highest BCUT2D eigenvalue weighted by Gasteiger charge is 2.15. The van der Waals surface area contributed by atoms with Gasteiger partial charge in [-0.1, -0.05) is 46.9 Å². The topological polar surface area (TPSA) is 56.2 Å². The fourth-order valence-corrected chi connectivity index (χ4v) is 3.61. The Labute approximate surface area is 188 Å². The number of anilines is 1. The molecule has 0 spiro atoms. The maximum atomic E-state index is 12.7. The lowest BCUT2D eigenvalue weighted by Gasteiger charge is -2.12. The molecule has 3 aromatic carbocycles. The maximum absolute atomic E-state index is 12.7. The Hall–Kier alpha value is -2.73. The van der Waals surface area contributed by atoms with Crippen molar-refractivity contribution in [2.45, 2.75) is 13.2 Å². The molecule has 4 rings (SSSR count). The molecule has 0 saturated carbocycles. The summed E-state index contributed by atoms with van der Waals surface area (Å²) >= 11 is 18.0. The molecule has 4 aromatic rings. The van der Waals surface area contributed by atoms with E-state index in [0.717, 1.165) is 11.0 Å². The molecule has 8 heteroatoms. The van der Waals surface area contributed by atoms with Crippen LogP contribution in [0, 0.1) is 0 Å². The molecule has 5 nitrogen and oxygen atoms in total. The first-order chi connectivity index (χ1) is 14.5. The second kappa shape index (κ2) is 8.96. The smallest absolute Gasteiger partial charge is 0.244 e. The molecular formula is C22H16Cl3N3O2. The van der Waals surface area contributed by atoms with Gasteiger partial charge in [0.05, 0.1) is 16.1 Å². The number of nitrogens with one attached hydrogen (secondary N) is 1. The van der Waals surface area contributed by atoms with Crippen molar-refractivity contribution in [3.05, 3.63) is 87.6 Å². The number of nitrogens with zero attached hydrogens (tertiary/aromatic N) is 2. The van der Waals surface area contributed by atoms with Gasteiger partial charge in [-0.05, 0) is 54.6 Å². The standard InChI is InChI=1S/C22H16Cl3N3O2/c23-14-5-8-16(9-6-14)26-22(29)12-28-19-4-2-1-3-18(19)27-21(28)13-30-20-10-7-15(24)11-17(20)25/h1-11H,12-13H2,(H,26,29). The summed E-state index contributed by atoms with van der Waals surface area (Å²) in [5.41, 5.74) is 2.28. The zero-order valence-corrected chi connectivity index (χ0v) is 17.9. The van der Waals surface area contributed by atoms with Gasteiger partial charge in [0.25, 0.3) is 0 Å². The van der Waals surface area contributed by atoms with E-state index in [2.05, 4.69) is 10.3 Å².